The fraction of sp³-hybridized carbons (Fsp3) is 0.440. The highest BCUT2D eigenvalue weighted by Crippen LogP contribution is 2.39. The van der Waals surface area contributed by atoms with Crippen LogP contribution in [0.4, 0.5) is 9.18 Å². The number of likely N-dealkylation sites (tertiary alicyclic amines) is 1. The molecule has 1 heterocycles. The van der Waals surface area contributed by atoms with Crippen molar-refractivity contribution < 1.29 is 23.5 Å². The highest BCUT2D eigenvalue weighted by molar-refractivity contribution is 6.04. The van der Waals surface area contributed by atoms with Crippen molar-refractivity contribution in [3.05, 3.63) is 65.5 Å². The monoisotopic (exact) mass is 427 g/mol. The Morgan fingerprint density at radius 2 is 1.84 bits per heavy atom. The van der Waals surface area contributed by atoms with Crippen molar-refractivity contribution in [2.24, 2.45) is 0 Å². The third-order valence-corrected chi connectivity index (χ3v) is 5.66. The van der Waals surface area contributed by atoms with Gasteiger partial charge in [0.05, 0.1) is 7.11 Å². The van der Waals surface area contributed by atoms with Crippen LogP contribution < -0.4 is 4.74 Å². The molecule has 1 fully saturated rings. The van der Waals surface area contributed by atoms with Crippen molar-refractivity contribution >= 4 is 11.9 Å². The van der Waals surface area contributed by atoms with E-state index in [0.29, 0.717) is 19.3 Å². The van der Waals surface area contributed by atoms with Gasteiger partial charge in [0, 0.05) is 11.6 Å². The molecule has 0 saturated carbocycles. The molecule has 0 radical (unpaired) electrons. The lowest BCUT2D eigenvalue weighted by Crippen LogP contribution is -2.55. The normalized spacial score (nSPS) is 21.1. The summed E-state index contributed by atoms with van der Waals surface area (Å²) in [7, 11) is 1.61. The van der Waals surface area contributed by atoms with Gasteiger partial charge < -0.3 is 9.47 Å². The first-order valence-corrected chi connectivity index (χ1v) is 10.5. The van der Waals surface area contributed by atoms with Crippen LogP contribution in [0.25, 0.3) is 0 Å². The lowest BCUT2D eigenvalue weighted by molar-refractivity contribution is 0.00247. The SMILES string of the molecule is COc1ccc(C[C@@H]2CC[C@](C)(C(=O)c3cccc(F)c3)N2C(=O)OC(C)(C)C)cc1. The maximum absolute atomic E-state index is 13.8. The highest BCUT2D eigenvalue weighted by Gasteiger charge is 2.51. The molecular weight excluding hydrogens is 397 g/mol. The van der Waals surface area contributed by atoms with Crippen LogP contribution >= 0.6 is 0 Å². The van der Waals surface area contributed by atoms with Gasteiger partial charge in [-0.3, -0.25) is 9.69 Å². The highest BCUT2D eigenvalue weighted by atomic mass is 19.1. The molecule has 166 valence electrons. The number of ketones is 1. The fourth-order valence-corrected chi connectivity index (χ4v) is 4.15. The molecule has 0 aromatic heterocycles. The van der Waals surface area contributed by atoms with E-state index in [-0.39, 0.29) is 17.4 Å². The molecule has 2 aromatic carbocycles. The van der Waals surface area contributed by atoms with Gasteiger partial charge >= 0.3 is 6.09 Å². The Morgan fingerprint density at radius 1 is 1.16 bits per heavy atom. The Bertz CT molecular complexity index is 951. The number of carbonyl (C=O) groups excluding carboxylic acids is 2. The topological polar surface area (TPSA) is 55.8 Å². The van der Waals surface area contributed by atoms with E-state index in [1.165, 1.54) is 18.2 Å². The van der Waals surface area contributed by atoms with Gasteiger partial charge in [0.1, 0.15) is 22.7 Å². The number of carbonyl (C=O) groups is 2. The van der Waals surface area contributed by atoms with Gasteiger partial charge in [0.15, 0.2) is 5.78 Å². The molecule has 0 spiro atoms. The Morgan fingerprint density at radius 3 is 2.42 bits per heavy atom. The van der Waals surface area contributed by atoms with Crippen molar-refractivity contribution in [1.82, 2.24) is 4.90 Å². The van der Waals surface area contributed by atoms with Crippen molar-refractivity contribution in [3.63, 3.8) is 0 Å². The quantitative estimate of drug-likeness (QED) is 0.598. The van der Waals surface area contributed by atoms with Crippen molar-refractivity contribution in [1.29, 1.82) is 0 Å². The van der Waals surface area contributed by atoms with Crippen LogP contribution in [-0.2, 0) is 11.2 Å². The number of hydrogen-bond donors (Lipinski definition) is 0. The minimum atomic E-state index is -1.12. The Kier molecular flexibility index (Phi) is 6.39. The molecule has 1 aliphatic heterocycles. The largest absolute Gasteiger partial charge is 0.497 e. The minimum absolute atomic E-state index is 0.217. The van der Waals surface area contributed by atoms with Crippen molar-refractivity contribution in [2.75, 3.05) is 7.11 Å². The van der Waals surface area contributed by atoms with Gasteiger partial charge in [0.2, 0.25) is 0 Å². The summed E-state index contributed by atoms with van der Waals surface area (Å²) < 4.78 is 24.7. The van der Waals surface area contributed by atoms with Crippen LogP contribution in [0, 0.1) is 5.82 Å². The molecule has 1 saturated heterocycles. The molecule has 0 unspecified atom stereocenters. The minimum Gasteiger partial charge on any atom is -0.497 e. The summed E-state index contributed by atoms with van der Waals surface area (Å²) in [5.41, 5.74) is -0.539. The van der Waals surface area contributed by atoms with Crippen LogP contribution in [-0.4, -0.2) is 41.1 Å². The van der Waals surface area contributed by atoms with E-state index in [1.807, 2.05) is 24.3 Å². The van der Waals surface area contributed by atoms with E-state index in [4.69, 9.17) is 9.47 Å². The standard InChI is InChI=1S/C25H30FNO4/c1-24(2,3)31-23(29)27-20(15-17-9-11-21(30-5)12-10-17)13-14-25(27,4)22(28)18-7-6-8-19(26)16-18/h6-12,16,20H,13-15H2,1-5H3/t20-,25+/m0/s1. The second kappa shape index (κ2) is 8.69. The van der Waals surface area contributed by atoms with E-state index < -0.39 is 23.1 Å². The van der Waals surface area contributed by atoms with Crippen molar-refractivity contribution in [3.8, 4) is 5.75 Å². The summed E-state index contributed by atoms with van der Waals surface area (Å²) in [6.07, 6.45) is 1.16. The molecular formula is C25H30FNO4. The molecule has 6 heteroatoms. The number of benzene rings is 2. The zero-order valence-electron chi connectivity index (χ0n) is 18.8. The van der Waals surface area contributed by atoms with Gasteiger partial charge in [-0.25, -0.2) is 9.18 Å². The number of halogens is 1. The lowest BCUT2D eigenvalue weighted by atomic mass is 9.89. The van der Waals surface area contributed by atoms with Crippen LogP contribution in [0.5, 0.6) is 5.75 Å². The number of ether oxygens (including phenoxy) is 2. The smallest absolute Gasteiger partial charge is 0.411 e. The first kappa shape index (κ1) is 22.8. The van der Waals surface area contributed by atoms with E-state index >= 15 is 0 Å². The zero-order valence-corrected chi connectivity index (χ0v) is 18.8. The third kappa shape index (κ3) is 5.06. The molecule has 2 atom stereocenters. The van der Waals surface area contributed by atoms with Gasteiger partial charge in [0.25, 0.3) is 0 Å². The van der Waals surface area contributed by atoms with E-state index in [1.54, 1.807) is 45.8 Å². The molecule has 1 amide bonds. The molecule has 1 aliphatic rings. The second-order valence-corrected chi connectivity index (χ2v) is 9.21. The molecule has 0 bridgehead atoms. The number of amides is 1. The van der Waals surface area contributed by atoms with Crippen LogP contribution in [0.3, 0.4) is 0 Å². The van der Waals surface area contributed by atoms with E-state index in [9.17, 15) is 14.0 Å². The molecule has 31 heavy (non-hydrogen) atoms. The van der Waals surface area contributed by atoms with Crippen LogP contribution in [0.2, 0.25) is 0 Å². The summed E-state index contributed by atoms with van der Waals surface area (Å²) in [6.45, 7) is 7.14. The summed E-state index contributed by atoms with van der Waals surface area (Å²) in [4.78, 5) is 28.3. The fourth-order valence-electron chi connectivity index (χ4n) is 4.15. The Balaban J connectivity index is 1.94. The summed E-state index contributed by atoms with van der Waals surface area (Å²) in [5, 5.41) is 0. The van der Waals surface area contributed by atoms with Crippen LogP contribution in [0.1, 0.15) is 56.5 Å². The first-order valence-electron chi connectivity index (χ1n) is 10.5. The zero-order chi connectivity index (χ0) is 22.8. The summed E-state index contributed by atoms with van der Waals surface area (Å²) in [6, 6.07) is 13.0. The molecule has 2 aromatic rings. The van der Waals surface area contributed by atoms with E-state index in [2.05, 4.69) is 0 Å². The number of hydrogen-bond acceptors (Lipinski definition) is 4. The van der Waals surface area contributed by atoms with Gasteiger partial charge in [-0.1, -0.05) is 24.3 Å². The average molecular weight is 428 g/mol. The molecule has 3 rings (SSSR count). The maximum Gasteiger partial charge on any atom is 0.411 e. The molecule has 5 nitrogen and oxygen atoms in total. The summed E-state index contributed by atoms with van der Waals surface area (Å²) >= 11 is 0. The number of rotatable bonds is 5. The number of nitrogens with zero attached hydrogens (tertiary/aromatic N) is 1. The molecule has 0 aliphatic carbocycles. The van der Waals surface area contributed by atoms with Gasteiger partial charge in [-0.05, 0) is 76.8 Å². The number of methoxy groups -OCH3 is 1. The second-order valence-electron chi connectivity index (χ2n) is 9.21. The Hall–Kier alpha value is -2.89. The predicted molar refractivity (Wildman–Crippen MR) is 117 cm³/mol. The van der Waals surface area contributed by atoms with Crippen LogP contribution in [0.15, 0.2) is 48.5 Å². The van der Waals surface area contributed by atoms with E-state index in [0.717, 1.165) is 11.3 Å². The first-order chi connectivity index (χ1) is 14.5. The van der Waals surface area contributed by atoms with Gasteiger partial charge in [-0.15, -0.1) is 0 Å². The summed E-state index contributed by atoms with van der Waals surface area (Å²) in [5.74, 6) is -0.00794. The lowest BCUT2D eigenvalue weighted by Gasteiger charge is -2.38. The Labute approximate surface area is 183 Å². The average Bonchev–Trinajstić information content (AvgIpc) is 3.04. The number of Topliss-reactive ketones (excluding diaryl/α,β-unsaturated/α-hetero) is 1. The molecule has 0 N–H and O–H groups in total. The third-order valence-electron chi connectivity index (χ3n) is 5.66. The maximum atomic E-state index is 13.8. The van der Waals surface area contributed by atoms with Crippen molar-refractivity contribution in [2.45, 2.75) is 64.1 Å². The van der Waals surface area contributed by atoms with Gasteiger partial charge in [-0.2, -0.15) is 0 Å². The predicted octanol–water partition coefficient (Wildman–Crippen LogP) is 5.42.